The highest BCUT2D eigenvalue weighted by Crippen LogP contribution is 2.07. The van der Waals surface area contributed by atoms with Gasteiger partial charge >= 0.3 is 0 Å². The lowest BCUT2D eigenvalue weighted by Crippen LogP contribution is -2.34. The second-order valence-electron chi connectivity index (χ2n) is 3.15. The molecule has 0 aliphatic carbocycles. The molecule has 1 atom stereocenters. The van der Waals surface area contributed by atoms with Gasteiger partial charge in [0.05, 0.1) is 0 Å². The van der Waals surface area contributed by atoms with Gasteiger partial charge in [-0.3, -0.25) is 0 Å². The molecule has 10 heavy (non-hydrogen) atoms. The first-order chi connectivity index (χ1) is 4.59. The van der Waals surface area contributed by atoms with Gasteiger partial charge in [-0.25, -0.2) is 0 Å². The summed E-state index contributed by atoms with van der Waals surface area (Å²) < 4.78 is 1.23. The molecule has 1 unspecified atom stereocenters. The largest absolute Gasteiger partial charge is 0.303 e. The lowest BCUT2D eigenvalue weighted by atomic mass is 10.1. The molecular formula is C8H18IN. The van der Waals surface area contributed by atoms with Gasteiger partial charge < -0.3 is 4.90 Å². The van der Waals surface area contributed by atoms with E-state index in [-0.39, 0.29) is 0 Å². The Kier molecular flexibility index (Phi) is 5.72. The first-order valence-electron chi connectivity index (χ1n) is 3.85. The molecule has 0 fully saturated rings. The molecule has 0 aromatic carbocycles. The van der Waals surface area contributed by atoms with Gasteiger partial charge in [-0.05, 0) is 19.9 Å². The highest BCUT2D eigenvalue weighted by molar-refractivity contribution is 14.1. The van der Waals surface area contributed by atoms with Gasteiger partial charge in [0.15, 0.2) is 0 Å². The molecule has 0 aromatic rings. The summed E-state index contributed by atoms with van der Waals surface area (Å²) in [6.45, 7) is 8.04. The van der Waals surface area contributed by atoms with Crippen molar-refractivity contribution in [2.75, 3.05) is 18.0 Å². The Labute approximate surface area is 78.3 Å². The van der Waals surface area contributed by atoms with Crippen LogP contribution in [0.2, 0.25) is 0 Å². The first-order valence-corrected chi connectivity index (χ1v) is 5.38. The standard InChI is InChI=1S/C8H18IN/c1-7(2)8(3)10(4)6-5-9/h7-8H,5-6H2,1-4H3. The molecule has 0 spiro atoms. The lowest BCUT2D eigenvalue weighted by molar-refractivity contribution is 0.221. The van der Waals surface area contributed by atoms with Crippen LogP contribution in [0.25, 0.3) is 0 Å². The van der Waals surface area contributed by atoms with E-state index >= 15 is 0 Å². The van der Waals surface area contributed by atoms with Crippen molar-refractivity contribution in [1.29, 1.82) is 0 Å². The molecule has 0 aliphatic heterocycles. The Morgan fingerprint density at radius 2 is 1.80 bits per heavy atom. The molecule has 0 aliphatic rings. The Morgan fingerprint density at radius 3 is 2.10 bits per heavy atom. The molecule has 1 nitrogen and oxygen atoms in total. The third kappa shape index (κ3) is 3.76. The summed E-state index contributed by atoms with van der Waals surface area (Å²) in [5.41, 5.74) is 0. The quantitative estimate of drug-likeness (QED) is 0.550. The normalized spacial score (nSPS) is 14.7. The van der Waals surface area contributed by atoms with Gasteiger partial charge in [-0.2, -0.15) is 0 Å². The van der Waals surface area contributed by atoms with Gasteiger partial charge in [0.25, 0.3) is 0 Å². The van der Waals surface area contributed by atoms with Gasteiger partial charge in [-0.1, -0.05) is 36.4 Å². The summed E-state index contributed by atoms with van der Waals surface area (Å²) in [5.74, 6) is 0.771. The predicted molar refractivity (Wildman–Crippen MR) is 55.8 cm³/mol. The molecule has 0 bridgehead atoms. The van der Waals surface area contributed by atoms with Crippen molar-refractivity contribution in [3.63, 3.8) is 0 Å². The van der Waals surface area contributed by atoms with Crippen LogP contribution >= 0.6 is 22.6 Å². The zero-order valence-corrected chi connectivity index (χ0v) is 9.55. The average molecular weight is 255 g/mol. The molecule has 0 saturated carbocycles. The number of alkyl halides is 1. The number of halogens is 1. The van der Waals surface area contributed by atoms with Crippen LogP contribution in [0.5, 0.6) is 0 Å². The van der Waals surface area contributed by atoms with Crippen molar-refractivity contribution in [3.8, 4) is 0 Å². The van der Waals surface area contributed by atoms with Crippen molar-refractivity contribution >= 4 is 22.6 Å². The molecule has 2 heteroatoms. The van der Waals surface area contributed by atoms with Gasteiger partial charge in [0, 0.05) is 17.0 Å². The maximum Gasteiger partial charge on any atom is 0.0123 e. The van der Waals surface area contributed by atoms with Gasteiger partial charge in [0.2, 0.25) is 0 Å². The van der Waals surface area contributed by atoms with Crippen LogP contribution in [0.1, 0.15) is 20.8 Å². The molecule has 0 heterocycles. The van der Waals surface area contributed by atoms with Crippen LogP contribution < -0.4 is 0 Å². The highest BCUT2D eigenvalue weighted by Gasteiger charge is 2.11. The minimum atomic E-state index is 0.717. The molecule has 0 aromatic heterocycles. The highest BCUT2D eigenvalue weighted by atomic mass is 127. The fraction of sp³-hybridized carbons (Fsp3) is 1.00. The summed E-state index contributed by atoms with van der Waals surface area (Å²) in [4.78, 5) is 2.41. The lowest BCUT2D eigenvalue weighted by Gasteiger charge is -2.26. The van der Waals surface area contributed by atoms with E-state index in [0.29, 0.717) is 0 Å². The number of nitrogens with zero attached hydrogens (tertiary/aromatic N) is 1. The monoisotopic (exact) mass is 255 g/mol. The minimum absolute atomic E-state index is 0.717. The van der Waals surface area contributed by atoms with Crippen molar-refractivity contribution in [1.82, 2.24) is 4.90 Å². The van der Waals surface area contributed by atoms with E-state index in [0.717, 1.165) is 12.0 Å². The topological polar surface area (TPSA) is 3.24 Å². The van der Waals surface area contributed by atoms with E-state index in [1.807, 2.05) is 0 Å². The van der Waals surface area contributed by atoms with Crippen molar-refractivity contribution < 1.29 is 0 Å². The first kappa shape index (κ1) is 10.7. The van der Waals surface area contributed by atoms with E-state index in [9.17, 15) is 0 Å². The van der Waals surface area contributed by atoms with Crippen LogP contribution in [-0.4, -0.2) is 29.0 Å². The van der Waals surface area contributed by atoms with Crippen LogP contribution in [0.3, 0.4) is 0 Å². The van der Waals surface area contributed by atoms with E-state index in [1.165, 1.54) is 11.0 Å². The van der Waals surface area contributed by atoms with Crippen LogP contribution in [0, 0.1) is 5.92 Å². The molecule has 0 amide bonds. The van der Waals surface area contributed by atoms with E-state index < -0.39 is 0 Å². The smallest absolute Gasteiger partial charge is 0.0123 e. The summed E-state index contributed by atoms with van der Waals surface area (Å²) in [5, 5.41) is 0. The maximum atomic E-state index is 2.42. The summed E-state index contributed by atoms with van der Waals surface area (Å²) in [7, 11) is 2.20. The number of hydrogen-bond acceptors (Lipinski definition) is 1. The fourth-order valence-corrected chi connectivity index (χ4v) is 1.61. The van der Waals surface area contributed by atoms with Crippen molar-refractivity contribution in [2.24, 2.45) is 5.92 Å². The van der Waals surface area contributed by atoms with Gasteiger partial charge in [0.1, 0.15) is 0 Å². The molecule has 62 valence electrons. The van der Waals surface area contributed by atoms with E-state index in [2.05, 4.69) is 55.3 Å². The average Bonchev–Trinajstić information content (AvgIpc) is 1.87. The van der Waals surface area contributed by atoms with Crippen LogP contribution in [-0.2, 0) is 0 Å². The van der Waals surface area contributed by atoms with E-state index in [1.54, 1.807) is 0 Å². The molecule has 0 saturated heterocycles. The fourth-order valence-electron chi connectivity index (χ4n) is 0.846. The third-order valence-electron chi connectivity index (χ3n) is 2.10. The minimum Gasteiger partial charge on any atom is -0.303 e. The zero-order chi connectivity index (χ0) is 8.15. The SMILES string of the molecule is CC(C)C(C)N(C)CCI. The van der Waals surface area contributed by atoms with Crippen molar-refractivity contribution in [2.45, 2.75) is 26.8 Å². The Morgan fingerprint density at radius 1 is 1.30 bits per heavy atom. The zero-order valence-electron chi connectivity index (χ0n) is 7.39. The van der Waals surface area contributed by atoms with Gasteiger partial charge in [-0.15, -0.1) is 0 Å². The second-order valence-corrected chi connectivity index (χ2v) is 4.23. The Hall–Kier alpha value is 0.690. The Balaban J connectivity index is 3.58. The van der Waals surface area contributed by atoms with Crippen LogP contribution in [0.15, 0.2) is 0 Å². The number of hydrogen-bond donors (Lipinski definition) is 0. The van der Waals surface area contributed by atoms with Crippen LogP contribution in [0.4, 0.5) is 0 Å². The maximum absolute atomic E-state index is 2.42. The number of rotatable bonds is 4. The molecular weight excluding hydrogens is 237 g/mol. The van der Waals surface area contributed by atoms with Crippen molar-refractivity contribution in [3.05, 3.63) is 0 Å². The summed E-state index contributed by atoms with van der Waals surface area (Å²) in [6.07, 6.45) is 0. The predicted octanol–water partition coefficient (Wildman–Crippen LogP) is 2.40. The molecule has 0 radical (unpaired) electrons. The summed E-state index contributed by atoms with van der Waals surface area (Å²) >= 11 is 2.42. The summed E-state index contributed by atoms with van der Waals surface area (Å²) in [6, 6.07) is 0.717. The second kappa shape index (κ2) is 5.35. The molecule has 0 rings (SSSR count). The molecule has 0 N–H and O–H groups in total. The third-order valence-corrected chi connectivity index (χ3v) is 2.58. The van der Waals surface area contributed by atoms with E-state index in [4.69, 9.17) is 0 Å². The Bertz CT molecular complexity index is 83.3.